The monoisotopic (exact) mass is 366 g/mol. The Hall–Kier alpha value is -3.06. The zero-order valence-electron chi connectivity index (χ0n) is 14.1. The molecule has 2 aromatic carbocycles. The highest BCUT2D eigenvalue weighted by Gasteiger charge is 2.25. The topological polar surface area (TPSA) is 92.1 Å². The molecule has 3 N–H and O–H groups in total. The summed E-state index contributed by atoms with van der Waals surface area (Å²) in [4.78, 5) is 33.1. The van der Waals surface area contributed by atoms with Gasteiger partial charge in [-0.1, -0.05) is 48.2 Å². The fourth-order valence-corrected chi connectivity index (χ4v) is 3.33. The predicted molar refractivity (Wildman–Crippen MR) is 105 cm³/mol. The summed E-state index contributed by atoms with van der Waals surface area (Å²) in [6, 6.07) is 20.0. The first-order valence-corrected chi connectivity index (χ1v) is 8.90. The molecule has 0 unspecified atom stereocenters. The third-order valence-corrected chi connectivity index (χ3v) is 4.60. The third-order valence-electron chi connectivity index (χ3n) is 3.63. The van der Waals surface area contributed by atoms with Crippen LogP contribution in [0.2, 0.25) is 0 Å². The maximum atomic E-state index is 13.2. The summed E-state index contributed by atoms with van der Waals surface area (Å²) < 4.78 is 0. The molecule has 0 bridgehead atoms. The van der Waals surface area contributed by atoms with E-state index < -0.39 is 5.25 Å². The highest BCUT2D eigenvalue weighted by molar-refractivity contribution is 8.00. The number of carbonyl (C=O) groups is 1. The first-order valence-electron chi connectivity index (χ1n) is 8.02. The minimum atomic E-state index is -0.486. The van der Waals surface area contributed by atoms with Crippen LogP contribution in [0.3, 0.4) is 0 Å². The Morgan fingerprint density at radius 2 is 1.62 bits per heavy atom. The number of anilines is 3. The van der Waals surface area contributed by atoms with Crippen LogP contribution in [-0.4, -0.2) is 21.1 Å². The number of rotatable bonds is 5. The highest BCUT2D eigenvalue weighted by atomic mass is 32.2. The summed E-state index contributed by atoms with van der Waals surface area (Å²) in [5.41, 5.74) is 6.81. The maximum absolute atomic E-state index is 13.2. The molecule has 1 heterocycles. The van der Waals surface area contributed by atoms with E-state index in [4.69, 9.17) is 5.73 Å². The van der Waals surface area contributed by atoms with Crippen molar-refractivity contribution >= 4 is 34.9 Å². The lowest BCUT2D eigenvalue weighted by Gasteiger charge is -2.25. The standard InChI is InChI=1S/C19H18N4O2S/c1-13(26-19-21-16(20)12-17(24)22-19)18(25)23(14-8-4-2-5-9-14)15-10-6-3-7-11-15/h2-13H,1H3,(H3,20,21,22,24)/t13-/m0/s1. The van der Waals surface area contributed by atoms with E-state index in [0.29, 0.717) is 5.16 Å². The SMILES string of the molecule is C[C@H](Sc1nc(N)cc(=O)[nH]1)C(=O)N(c1ccccc1)c1ccccc1. The van der Waals surface area contributed by atoms with E-state index in [1.807, 2.05) is 60.7 Å². The van der Waals surface area contributed by atoms with Crippen LogP contribution in [0.25, 0.3) is 0 Å². The minimum absolute atomic E-state index is 0.124. The molecule has 0 aliphatic heterocycles. The maximum Gasteiger partial charge on any atom is 0.253 e. The Bertz CT molecular complexity index is 905. The van der Waals surface area contributed by atoms with Crippen molar-refractivity contribution in [3.63, 3.8) is 0 Å². The van der Waals surface area contributed by atoms with Crippen molar-refractivity contribution in [3.05, 3.63) is 77.1 Å². The van der Waals surface area contributed by atoms with Gasteiger partial charge in [-0.15, -0.1) is 0 Å². The zero-order valence-corrected chi connectivity index (χ0v) is 14.9. The van der Waals surface area contributed by atoms with E-state index in [1.165, 1.54) is 6.07 Å². The van der Waals surface area contributed by atoms with Crippen LogP contribution < -0.4 is 16.2 Å². The molecular weight excluding hydrogens is 348 g/mol. The number of nitrogens with zero attached hydrogens (tertiary/aromatic N) is 2. The molecule has 0 aliphatic rings. The van der Waals surface area contributed by atoms with Gasteiger partial charge in [0, 0.05) is 17.4 Å². The van der Waals surface area contributed by atoms with Crippen molar-refractivity contribution < 1.29 is 4.79 Å². The number of hydrogen-bond donors (Lipinski definition) is 2. The van der Waals surface area contributed by atoms with E-state index in [2.05, 4.69) is 9.97 Å². The predicted octanol–water partition coefficient (Wildman–Crippen LogP) is 3.20. The summed E-state index contributed by atoms with van der Waals surface area (Å²) in [6.45, 7) is 1.77. The normalized spacial score (nSPS) is 11.7. The molecule has 6 nitrogen and oxygen atoms in total. The van der Waals surface area contributed by atoms with Gasteiger partial charge < -0.3 is 10.7 Å². The molecular formula is C19H18N4O2S. The van der Waals surface area contributed by atoms with Gasteiger partial charge in [-0.3, -0.25) is 14.5 Å². The van der Waals surface area contributed by atoms with Gasteiger partial charge in [0.25, 0.3) is 5.56 Å². The van der Waals surface area contributed by atoms with Gasteiger partial charge in [-0.25, -0.2) is 4.98 Å². The van der Waals surface area contributed by atoms with Crippen molar-refractivity contribution in [1.82, 2.24) is 9.97 Å². The van der Waals surface area contributed by atoms with Crippen LogP contribution in [0.15, 0.2) is 76.7 Å². The van der Waals surface area contributed by atoms with Crippen LogP contribution >= 0.6 is 11.8 Å². The van der Waals surface area contributed by atoms with Crippen LogP contribution in [-0.2, 0) is 4.79 Å². The number of nitrogens with two attached hydrogens (primary N) is 1. The molecule has 1 amide bonds. The number of H-pyrrole nitrogens is 1. The summed E-state index contributed by atoms with van der Waals surface area (Å²) >= 11 is 1.16. The molecule has 0 fully saturated rings. The average Bonchev–Trinajstić information content (AvgIpc) is 2.63. The molecule has 3 aromatic rings. The van der Waals surface area contributed by atoms with Crippen molar-refractivity contribution in [2.75, 3.05) is 10.6 Å². The van der Waals surface area contributed by atoms with Crippen molar-refractivity contribution in [2.24, 2.45) is 0 Å². The molecule has 3 rings (SSSR count). The lowest BCUT2D eigenvalue weighted by atomic mass is 10.2. The van der Waals surface area contributed by atoms with Gasteiger partial charge in [0.1, 0.15) is 5.82 Å². The lowest BCUT2D eigenvalue weighted by Crippen LogP contribution is -2.33. The van der Waals surface area contributed by atoms with E-state index >= 15 is 0 Å². The molecule has 7 heteroatoms. The van der Waals surface area contributed by atoms with Gasteiger partial charge in [0.05, 0.1) is 5.25 Å². The third kappa shape index (κ3) is 4.12. The van der Waals surface area contributed by atoms with Gasteiger partial charge in [0.15, 0.2) is 5.16 Å². The van der Waals surface area contributed by atoms with Gasteiger partial charge in [-0.05, 0) is 31.2 Å². The lowest BCUT2D eigenvalue weighted by molar-refractivity contribution is -0.117. The van der Waals surface area contributed by atoms with Crippen LogP contribution in [0.4, 0.5) is 17.2 Å². The molecule has 1 atom stereocenters. The number of aromatic nitrogens is 2. The molecule has 26 heavy (non-hydrogen) atoms. The highest BCUT2D eigenvalue weighted by Crippen LogP contribution is 2.29. The molecule has 0 aliphatic carbocycles. The second kappa shape index (κ2) is 7.88. The Morgan fingerprint density at radius 1 is 1.08 bits per heavy atom. The number of carbonyl (C=O) groups excluding carboxylic acids is 1. The number of aromatic amines is 1. The van der Waals surface area contributed by atoms with E-state index in [-0.39, 0.29) is 17.3 Å². The van der Waals surface area contributed by atoms with Crippen LogP contribution in [0.1, 0.15) is 6.92 Å². The molecule has 132 valence electrons. The summed E-state index contributed by atoms with van der Waals surface area (Å²) in [6.07, 6.45) is 0. The number of thioether (sulfide) groups is 1. The number of hydrogen-bond acceptors (Lipinski definition) is 5. The first kappa shape index (κ1) is 17.8. The van der Waals surface area contributed by atoms with Gasteiger partial charge in [0.2, 0.25) is 5.91 Å². The molecule has 1 aromatic heterocycles. The molecule has 0 spiro atoms. The van der Waals surface area contributed by atoms with Crippen LogP contribution in [0, 0.1) is 0 Å². The Kier molecular flexibility index (Phi) is 5.38. The van der Waals surface area contributed by atoms with Crippen LogP contribution in [0.5, 0.6) is 0 Å². The quantitative estimate of drug-likeness (QED) is 0.534. The molecule has 0 radical (unpaired) electrons. The van der Waals surface area contributed by atoms with Gasteiger partial charge in [-0.2, -0.15) is 0 Å². The second-order valence-electron chi connectivity index (χ2n) is 5.58. The number of nitrogen functional groups attached to an aromatic ring is 1. The first-order chi connectivity index (χ1) is 12.5. The summed E-state index contributed by atoms with van der Waals surface area (Å²) in [5, 5.41) is -0.169. The number of nitrogens with one attached hydrogen (secondary N) is 1. The van der Waals surface area contributed by atoms with E-state index in [0.717, 1.165) is 23.1 Å². The summed E-state index contributed by atoms with van der Waals surface area (Å²) in [5.74, 6) is -0.00338. The number of para-hydroxylation sites is 2. The largest absolute Gasteiger partial charge is 0.383 e. The Morgan fingerprint density at radius 3 is 2.12 bits per heavy atom. The van der Waals surface area contributed by atoms with E-state index in [9.17, 15) is 9.59 Å². The molecule has 0 saturated carbocycles. The van der Waals surface area contributed by atoms with Gasteiger partial charge >= 0.3 is 0 Å². The second-order valence-corrected chi connectivity index (χ2v) is 6.91. The molecule has 0 saturated heterocycles. The zero-order chi connectivity index (χ0) is 18.5. The minimum Gasteiger partial charge on any atom is -0.383 e. The number of benzene rings is 2. The Balaban J connectivity index is 1.91. The number of amides is 1. The van der Waals surface area contributed by atoms with Crippen molar-refractivity contribution in [2.45, 2.75) is 17.3 Å². The van der Waals surface area contributed by atoms with E-state index in [1.54, 1.807) is 11.8 Å². The van der Waals surface area contributed by atoms with Crippen molar-refractivity contribution in [3.8, 4) is 0 Å². The van der Waals surface area contributed by atoms with Crippen molar-refractivity contribution in [1.29, 1.82) is 0 Å². The Labute approximate surface area is 155 Å². The fourth-order valence-electron chi connectivity index (χ4n) is 2.47. The smallest absolute Gasteiger partial charge is 0.253 e. The fraction of sp³-hybridized carbons (Fsp3) is 0.105. The summed E-state index contributed by atoms with van der Waals surface area (Å²) in [7, 11) is 0. The average molecular weight is 366 g/mol.